The van der Waals surface area contributed by atoms with Gasteiger partial charge in [-0.25, -0.2) is 4.39 Å². The minimum absolute atomic E-state index is 0.0366. The molecule has 0 spiro atoms. The van der Waals surface area contributed by atoms with E-state index in [2.05, 4.69) is 20.8 Å². The molecule has 21 heavy (non-hydrogen) atoms. The van der Waals surface area contributed by atoms with Crippen LogP contribution >= 0.6 is 0 Å². The molecule has 0 aromatic heterocycles. The molecule has 0 fully saturated rings. The lowest BCUT2D eigenvalue weighted by atomic mass is 9.86. The first-order valence-electron chi connectivity index (χ1n) is 7.11. The van der Waals surface area contributed by atoms with Crippen molar-refractivity contribution < 1.29 is 9.13 Å². The summed E-state index contributed by atoms with van der Waals surface area (Å²) in [7, 11) is 0. The number of halogens is 1. The summed E-state index contributed by atoms with van der Waals surface area (Å²) >= 11 is 0. The van der Waals surface area contributed by atoms with Crippen molar-refractivity contribution >= 4 is 0 Å². The zero-order valence-corrected chi connectivity index (χ0v) is 13.0. The Bertz CT molecular complexity index is 629. The van der Waals surface area contributed by atoms with Gasteiger partial charge in [0.05, 0.1) is 0 Å². The molecule has 0 saturated heterocycles. The fourth-order valence-electron chi connectivity index (χ4n) is 2.26. The Labute approximate surface area is 125 Å². The monoisotopic (exact) mass is 287 g/mol. The van der Waals surface area contributed by atoms with Crippen LogP contribution in [0.2, 0.25) is 0 Å². The quantitative estimate of drug-likeness (QED) is 0.868. The van der Waals surface area contributed by atoms with Crippen molar-refractivity contribution in [2.45, 2.75) is 39.2 Å². The van der Waals surface area contributed by atoms with Gasteiger partial charge in [-0.1, -0.05) is 39.0 Å². The van der Waals surface area contributed by atoms with Gasteiger partial charge in [-0.3, -0.25) is 0 Å². The fraction of sp³-hybridized carbons (Fsp3) is 0.333. The Kier molecular flexibility index (Phi) is 4.33. The zero-order valence-electron chi connectivity index (χ0n) is 13.0. The van der Waals surface area contributed by atoms with Gasteiger partial charge >= 0.3 is 0 Å². The van der Waals surface area contributed by atoms with Gasteiger partial charge in [-0.05, 0) is 36.6 Å². The van der Waals surface area contributed by atoms with Crippen LogP contribution < -0.4 is 10.5 Å². The largest absolute Gasteiger partial charge is 0.457 e. The number of hydrogen-bond acceptors (Lipinski definition) is 2. The highest BCUT2D eigenvalue weighted by atomic mass is 19.1. The first kappa shape index (κ1) is 15.5. The first-order chi connectivity index (χ1) is 9.79. The molecule has 2 aromatic rings. The van der Waals surface area contributed by atoms with E-state index in [9.17, 15) is 4.39 Å². The standard InChI is InChI=1S/C18H22FNO/c1-12(20)14-11-13(19)9-10-16(14)21-17-8-6-5-7-15(17)18(2,3)4/h5-12H,20H2,1-4H3/t12-/m1/s1. The van der Waals surface area contributed by atoms with Crippen LogP contribution in [0.25, 0.3) is 0 Å². The van der Waals surface area contributed by atoms with Crippen LogP contribution in [0.3, 0.4) is 0 Å². The molecule has 0 saturated carbocycles. The van der Waals surface area contributed by atoms with Crippen molar-refractivity contribution in [1.82, 2.24) is 0 Å². The summed E-state index contributed by atoms with van der Waals surface area (Å²) < 4.78 is 19.4. The summed E-state index contributed by atoms with van der Waals surface area (Å²) in [6.45, 7) is 8.21. The SMILES string of the molecule is C[C@@H](N)c1cc(F)ccc1Oc1ccccc1C(C)(C)C. The molecule has 2 nitrogen and oxygen atoms in total. The van der Waals surface area contributed by atoms with Gasteiger partial charge in [-0.2, -0.15) is 0 Å². The van der Waals surface area contributed by atoms with Gasteiger partial charge in [0.25, 0.3) is 0 Å². The molecule has 0 radical (unpaired) electrons. The van der Waals surface area contributed by atoms with Gasteiger partial charge in [-0.15, -0.1) is 0 Å². The number of nitrogens with two attached hydrogens (primary N) is 1. The zero-order chi connectivity index (χ0) is 15.6. The molecular formula is C18H22FNO. The smallest absolute Gasteiger partial charge is 0.132 e. The second-order valence-corrected chi connectivity index (χ2v) is 6.32. The number of benzene rings is 2. The van der Waals surface area contributed by atoms with E-state index in [4.69, 9.17) is 10.5 Å². The van der Waals surface area contributed by atoms with Crippen molar-refractivity contribution in [3.05, 3.63) is 59.4 Å². The topological polar surface area (TPSA) is 35.2 Å². The molecule has 2 rings (SSSR count). The molecular weight excluding hydrogens is 265 g/mol. The molecule has 112 valence electrons. The summed E-state index contributed by atoms with van der Waals surface area (Å²) in [6.07, 6.45) is 0. The van der Waals surface area contributed by atoms with E-state index in [0.29, 0.717) is 11.3 Å². The van der Waals surface area contributed by atoms with Crippen molar-refractivity contribution in [1.29, 1.82) is 0 Å². The van der Waals surface area contributed by atoms with Gasteiger partial charge in [0.1, 0.15) is 17.3 Å². The summed E-state index contributed by atoms with van der Waals surface area (Å²) in [5, 5.41) is 0. The highest BCUT2D eigenvalue weighted by Crippen LogP contribution is 2.36. The molecule has 0 amide bonds. The Balaban J connectivity index is 2.44. The summed E-state index contributed by atoms with van der Waals surface area (Å²) in [5.74, 6) is 1.07. The number of rotatable bonds is 3. The molecule has 3 heteroatoms. The third-order valence-corrected chi connectivity index (χ3v) is 3.38. The van der Waals surface area contributed by atoms with E-state index in [1.165, 1.54) is 12.1 Å². The van der Waals surface area contributed by atoms with E-state index in [1.807, 2.05) is 31.2 Å². The third-order valence-electron chi connectivity index (χ3n) is 3.38. The maximum Gasteiger partial charge on any atom is 0.132 e. The van der Waals surface area contributed by atoms with Crippen LogP contribution in [-0.4, -0.2) is 0 Å². The lowest BCUT2D eigenvalue weighted by Gasteiger charge is -2.23. The molecule has 0 bridgehead atoms. The average Bonchev–Trinajstić information content (AvgIpc) is 2.40. The van der Waals surface area contributed by atoms with Crippen LogP contribution in [0.4, 0.5) is 4.39 Å². The summed E-state index contributed by atoms with van der Waals surface area (Å²) in [5.41, 5.74) is 7.64. The van der Waals surface area contributed by atoms with Crippen molar-refractivity contribution in [3.8, 4) is 11.5 Å². The Morgan fingerprint density at radius 2 is 1.71 bits per heavy atom. The lowest BCUT2D eigenvalue weighted by Crippen LogP contribution is -2.13. The molecule has 0 aliphatic rings. The molecule has 2 N–H and O–H groups in total. The van der Waals surface area contributed by atoms with Gasteiger partial charge in [0, 0.05) is 17.2 Å². The normalized spacial score (nSPS) is 13.0. The van der Waals surface area contributed by atoms with E-state index < -0.39 is 0 Å². The van der Waals surface area contributed by atoms with Crippen molar-refractivity contribution in [3.63, 3.8) is 0 Å². The van der Waals surface area contributed by atoms with E-state index in [-0.39, 0.29) is 17.3 Å². The van der Waals surface area contributed by atoms with Gasteiger partial charge < -0.3 is 10.5 Å². The maximum absolute atomic E-state index is 13.4. The molecule has 0 aliphatic heterocycles. The number of hydrogen-bond donors (Lipinski definition) is 1. The minimum atomic E-state index is -0.307. The second kappa shape index (κ2) is 5.86. The number of para-hydroxylation sites is 1. The predicted molar refractivity (Wildman–Crippen MR) is 84.2 cm³/mol. The van der Waals surface area contributed by atoms with Gasteiger partial charge in [0.15, 0.2) is 0 Å². The fourth-order valence-corrected chi connectivity index (χ4v) is 2.26. The van der Waals surface area contributed by atoms with Crippen molar-refractivity contribution in [2.75, 3.05) is 0 Å². The first-order valence-corrected chi connectivity index (χ1v) is 7.11. The van der Waals surface area contributed by atoms with Crippen LogP contribution in [0.1, 0.15) is 44.9 Å². The van der Waals surface area contributed by atoms with Crippen LogP contribution in [0.5, 0.6) is 11.5 Å². The maximum atomic E-state index is 13.4. The Morgan fingerprint density at radius 1 is 1.05 bits per heavy atom. The third kappa shape index (κ3) is 3.61. The minimum Gasteiger partial charge on any atom is -0.457 e. The lowest BCUT2D eigenvalue weighted by molar-refractivity contribution is 0.445. The molecule has 1 atom stereocenters. The van der Waals surface area contributed by atoms with Gasteiger partial charge in [0.2, 0.25) is 0 Å². The Morgan fingerprint density at radius 3 is 2.33 bits per heavy atom. The summed E-state index contributed by atoms with van der Waals surface area (Å²) in [4.78, 5) is 0. The van der Waals surface area contributed by atoms with Crippen LogP contribution in [-0.2, 0) is 5.41 Å². The molecule has 0 aliphatic carbocycles. The second-order valence-electron chi connectivity index (χ2n) is 6.32. The summed E-state index contributed by atoms with van der Waals surface area (Å²) in [6, 6.07) is 12.1. The van der Waals surface area contributed by atoms with Crippen molar-refractivity contribution in [2.24, 2.45) is 5.73 Å². The van der Waals surface area contributed by atoms with Crippen LogP contribution in [0.15, 0.2) is 42.5 Å². The predicted octanol–water partition coefficient (Wildman–Crippen LogP) is 4.94. The molecule has 0 unspecified atom stereocenters. The van der Waals surface area contributed by atoms with E-state index >= 15 is 0 Å². The molecule has 2 aromatic carbocycles. The highest BCUT2D eigenvalue weighted by Gasteiger charge is 2.20. The number of ether oxygens (including phenoxy) is 1. The van der Waals surface area contributed by atoms with E-state index in [1.54, 1.807) is 6.07 Å². The Hall–Kier alpha value is -1.87. The van der Waals surface area contributed by atoms with E-state index in [0.717, 1.165) is 11.3 Å². The van der Waals surface area contributed by atoms with Crippen LogP contribution in [0, 0.1) is 5.82 Å². The average molecular weight is 287 g/mol. The molecule has 0 heterocycles. The highest BCUT2D eigenvalue weighted by molar-refractivity contribution is 5.44.